The molecule has 0 aliphatic carbocycles. The summed E-state index contributed by atoms with van der Waals surface area (Å²) in [7, 11) is -3.74. The van der Waals surface area contributed by atoms with Gasteiger partial charge in [0.2, 0.25) is 4.32 Å². The van der Waals surface area contributed by atoms with Crippen LogP contribution in [0.25, 0.3) is 0 Å². The molecule has 0 spiro atoms. The molecule has 0 bridgehead atoms. The molecule has 0 aliphatic rings. The lowest BCUT2D eigenvalue weighted by Crippen LogP contribution is -2.06. The molecule has 3 N–H and O–H groups in total. The molecular weight excluding hydrogens is 371 g/mol. The first-order valence-corrected chi connectivity index (χ1v) is 14.1. The van der Waals surface area contributed by atoms with E-state index in [2.05, 4.69) is 13.8 Å². The summed E-state index contributed by atoms with van der Waals surface area (Å²) < 4.78 is -0.451. The van der Waals surface area contributed by atoms with Gasteiger partial charge in [-0.05, 0) is 24.3 Å². The Labute approximate surface area is 165 Å². The van der Waals surface area contributed by atoms with Crippen molar-refractivity contribution in [1.82, 2.24) is 0 Å². The molecule has 0 saturated heterocycles. The third kappa shape index (κ3) is 18.2. The summed E-state index contributed by atoms with van der Waals surface area (Å²) in [6.45, 7) is 4.46. The molecule has 0 rings (SSSR count). The minimum Gasteiger partial charge on any atom is -0.191 e. The lowest BCUT2D eigenvalue weighted by molar-refractivity contribution is 0.335. The molecule has 0 atom stereocenters. The number of unbranched alkanes of at least 4 members (excludes halogenated alkanes) is 12. The van der Waals surface area contributed by atoms with Crippen molar-refractivity contribution in [2.45, 2.75) is 108 Å². The van der Waals surface area contributed by atoms with Crippen molar-refractivity contribution >= 4 is 31.5 Å². The van der Waals surface area contributed by atoms with E-state index < -0.39 is 12.3 Å². The van der Waals surface area contributed by atoms with Gasteiger partial charge in [0.05, 0.1) is 0 Å². The van der Waals surface area contributed by atoms with E-state index in [-0.39, 0.29) is 0 Å². The highest BCUT2D eigenvalue weighted by Gasteiger charge is 2.43. The minimum absolute atomic E-state index is 0.451. The van der Waals surface area contributed by atoms with E-state index in [1.807, 2.05) is 0 Å². The fourth-order valence-corrected chi connectivity index (χ4v) is 7.07. The van der Waals surface area contributed by atoms with Crippen LogP contribution in [0.4, 0.5) is 0 Å². The van der Waals surface area contributed by atoms with Gasteiger partial charge in [0.25, 0.3) is 0 Å². The Kier molecular flexibility index (Phi) is 19.1. The Hall–Kier alpha value is 1.01. The molecule has 0 aromatic carbocycles. The second-order valence-corrected chi connectivity index (χ2v) is 12.1. The van der Waals surface area contributed by atoms with E-state index in [0.717, 1.165) is 24.3 Å². The van der Waals surface area contributed by atoms with Gasteiger partial charge in [0.1, 0.15) is 0 Å². The van der Waals surface area contributed by atoms with Gasteiger partial charge in [-0.25, -0.2) is 0 Å². The van der Waals surface area contributed by atoms with Crippen LogP contribution in [0.5, 0.6) is 0 Å². The maximum Gasteiger partial charge on any atom is 0.428 e. The van der Waals surface area contributed by atoms with Gasteiger partial charge in [0.15, 0.2) is 0 Å². The van der Waals surface area contributed by atoms with Gasteiger partial charge < -0.3 is 0 Å². The third-order valence-corrected chi connectivity index (χ3v) is 9.89. The van der Waals surface area contributed by atoms with Crippen molar-refractivity contribution < 1.29 is 14.7 Å². The quantitative estimate of drug-likeness (QED) is 0.121. The van der Waals surface area contributed by atoms with E-state index in [0.29, 0.717) is 0 Å². The fraction of sp³-hybridized carbons (Fsp3) is 1.00. The molecule has 25 heavy (non-hydrogen) atoms. The van der Waals surface area contributed by atoms with E-state index >= 15 is 0 Å². The van der Waals surface area contributed by atoms with Crippen LogP contribution in [0, 0.1) is 0 Å². The lowest BCUT2D eigenvalue weighted by atomic mass is 10.1. The van der Waals surface area contributed by atoms with Gasteiger partial charge in [-0.3, -0.25) is 0 Å². The summed E-state index contributed by atoms with van der Waals surface area (Å²) in [6, 6.07) is 0. The first-order valence-electron chi connectivity index (χ1n) is 10.3. The van der Waals surface area contributed by atoms with Crippen LogP contribution in [0.15, 0.2) is 0 Å². The summed E-state index contributed by atoms with van der Waals surface area (Å²) >= 11 is 3.07. The molecular formula is C19H42O3PS2+. The van der Waals surface area contributed by atoms with Crippen LogP contribution < -0.4 is 0 Å². The Morgan fingerprint density at radius 1 is 0.560 bits per heavy atom. The summed E-state index contributed by atoms with van der Waals surface area (Å²) in [4.78, 5) is 29.0. The van der Waals surface area contributed by atoms with Crippen molar-refractivity contribution in [2.75, 3.05) is 11.5 Å². The van der Waals surface area contributed by atoms with Gasteiger partial charge in [0, 0.05) is 0 Å². The molecule has 0 amide bonds. The monoisotopic (exact) mass is 413 g/mol. The van der Waals surface area contributed by atoms with E-state index in [4.69, 9.17) is 0 Å². The smallest absolute Gasteiger partial charge is 0.191 e. The molecule has 0 radical (unpaired) electrons. The summed E-state index contributed by atoms with van der Waals surface area (Å²) in [5.41, 5.74) is 0. The largest absolute Gasteiger partial charge is 0.428 e. The van der Waals surface area contributed by atoms with Crippen molar-refractivity contribution in [1.29, 1.82) is 0 Å². The summed E-state index contributed by atoms with van der Waals surface area (Å²) in [5, 5.41) is 0. The molecule has 0 aromatic rings. The van der Waals surface area contributed by atoms with E-state index in [1.165, 1.54) is 101 Å². The lowest BCUT2D eigenvalue weighted by Gasteiger charge is -2.16. The number of thioether (sulfide) groups is 2. The van der Waals surface area contributed by atoms with Crippen LogP contribution >= 0.6 is 31.5 Å². The first-order chi connectivity index (χ1) is 12.0. The third-order valence-electron chi connectivity index (χ3n) is 4.30. The number of rotatable bonds is 19. The zero-order valence-electron chi connectivity index (χ0n) is 16.5. The summed E-state index contributed by atoms with van der Waals surface area (Å²) in [6.07, 6.45) is 17.7. The van der Waals surface area contributed by atoms with Crippen molar-refractivity contribution in [3.8, 4) is 0 Å². The van der Waals surface area contributed by atoms with Crippen molar-refractivity contribution in [3.63, 3.8) is 0 Å². The highest BCUT2D eigenvalue weighted by molar-refractivity contribution is 8.24. The average molecular weight is 414 g/mol. The zero-order chi connectivity index (χ0) is 18.8. The zero-order valence-corrected chi connectivity index (χ0v) is 19.0. The number of hydrogen-bond acceptors (Lipinski definition) is 5. The van der Waals surface area contributed by atoms with Gasteiger partial charge in [-0.2, -0.15) is 14.7 Å². The molecule has 3 nitrogen and oxygen atoms in total. The topological polar surface area (TPSA) is 60.7 Å². The molecule has 0 fully saturated rings. The molecule has 6 heteroatoms. The Morgan fingerprint density at radius 2 is 0.880 bits per heavy atom. The van der Waals surface area contributed by atoms with Crippen molar-refractivity contribution in [2.24, 2.45) is 0 Å². The maximum atomic E-state index is 9.66. The van der Waals surface area contributed by atoms with Gasteiger partial charge >= 0.3 is 7.94 Å². The Bertz CT molecular complexity index is 256. The van der Waals surface area contributed by atoms with Crippen LogP contribution in [0.3, 0.4) is 0 Å². The minimum atomic E-state index is -3.74. The fourth-order valence-electron chi connectivity index (χ4n) is 2.73. The Morgan fingerprint density at radius 3 is 1.20 bits per heavy atom. The second-order valence-electron chi connectivity index (χ2n) is 6.91. The highest BCUT2D eigenvalue weighted by atomic mass is 32.2. The van der Waals surface area contributed by atoms with E-state index in [9.17, 15) is 14.7 Å². The maximum absolute atomic E-state index is 9.66. The van der Waals surface area contributed by atoms with Crippen LogP contribution in [0.2, 0.25) is 0 Å². The average Bonchev–Trinajstić information content (AvgIpc) is 2.56. The summed E-state index contributed by atoms with van der Waals surface area (Å²) in [5.74, 6) is 1.82. The van der Waals surface area contributed by atoms with Gasteiger partial charge in [-0.1, -0.05) is 114 Å². The molecule has 0 heterocycles. The predicted octanol–water partition coefficient (Wildman–Crippen LogP) is 6.98. The van der Waals surface area contributed by atoms with Crippen LogP contribution in [-0.4, -0.2) is 30.5 Å². The standard InChI is InChI=1S/C19H42O3PS2/c1-3-5-7-9-11-13-15-17-24-19(23(20,21)22)25-18-16-14-12-10-8-6-4-2/h19-22H,3-18H2,1-2H3/q+1. The number of hydrogen-bond donors (Lipinski definition) is 3. The van der Waals surface area contributed by atoms with Gasteiger partial charge in [-0.15, -0.1) is 0 Å². The first kappa shape index (κ1) is 26.0. The molecule has 152 valence electrons. The van der Waals surface area contributed by atoms with E-state index in [1.54, 1.807) is 0 Å². The molecule has 0 saturated carbocycles. The highest BCUT2D eigenvalue weighted by Crippen LogP contribution is 2.59. The molecule has 0 aliphatic heterocycles. The van der Waals surface area contributed by atoms with Crippen molar-refractivity contribution in [3.05, 3.63) is 0 Å². The van der Waals surface area contributed by atoms with Crippen LogP contribution in [0.1, 0.15) is 104 Å². The normalized spacial score (nSPS) is 12.2. The molecule has 0 aromatic heterocycles. The Balaban J connectivity index is 3.67. The molecule has 0 unspecified atom stereocenters. The SMILES string of the molecule is CCCCCCCCCSC(SCCCCCCCCC)[P+](O)(O)O. The predicted molar refractivity (Wildman–Crippen MR) is 118 cm³/mol. The van der Waals surface area contributed by atoms with Crippen LogP contribution in [-0.2, 0) is 0 Å². The second kappa shape index (κ2) is 18.4.